The van der Waals surface area contributed by atoms with Crippen molar-refractivity contribution in [3.8, 4) is 11.5 Å². The Morgan fingerprint density at radius 1 is 1.28 bits per heavy atom. The van der Waals surface area contributed by atoms with Gasteiger partial charge in [0.15, 0.2) is 22.9 Å². The minimum atomic E-state index is -1.20. The fourth-order valence-electron chi connectivity index (χ4n) is 1.64. The van der Waals surface area contributed by atoms with E-state index in [1.54, 1.807) is 18.2 Å². The molecule has 0 unspecified atom stereocenters. The summed E-state index contributed by atoms with van der Waals surface area (Å²) in [5, 5.41) is 12.6. The molecule has 0 radical (unpaired) electrons. The average molecular weight is 247 g/mol. The van der Waals surface area contributed by atoms with Gasteiger partial charge >= 0.3 is 5.97 Å². The molecule has 0 spiro atoms. The van der Waals surface area contributed by atoms with E-state index in [1.807, 2.05) is 0 Å². The zero-order valence-electron chi connectivity index (χ0n) is 8.88. The van der Waals surface area contributed by atoms with Crippen LogP contribution in [0.3, 0.4) is 0 Å². The molecule has 0 aliphatic heterocycles. The van der Waals surface area contributed by atoms with E-state index in [2.05, 4.69) is 5.16 Å². The second kappa shape index (κ2) is 3.69. The first-order valence-electron chi connectivity index (χ1n) is 5.03. The maximum absolute atomic E-state index is 13.4. The Labute approximate surface area is 99.4 Å². The number of carbonyl (C=O) groups is 1. The Hall–Kier alpha value is -2.63. The highest BCUT2D eigenvalue weighted by atomic mass is 19.1. The van der Waals surface area contributed by atoms with Crippen LogP contribution in [0.15, 0.2) is 39.3 Å². The van der Waals surface area contributed by atoms with Gasteiger partial charge in [-0.25, -0.2) is 9.18 Å². The molecule has 3 rings (SSSR count). The first-order chi connectivity index (χ1) is 8.65. The molecular formula is C12H6FNO4. The lowest BCUT2D eigenvalue weighted by Crippen LogP contribution is -1.94. The average Bonchev–Trinajstić information content (AvgIpc) is 2.95. The highest BCUT2D eigenvalue weighted by molar-refractivity contribution is 5.87. The summed E-state index contributed by atoms with van der Waals surface area (Å²) in [5.74, 6) is -1.32. The maximum Gasteiger partial charge on any atom is 0.358 e. The van der Waals surface area contributed by atoms with Crippen LogP contribution < -0.4 is 0 Å². The summed E-state index contributed by atoms with van der Waals surface area (Å²) >= 11 is 0. The fraction of sp³-hybridized carbons (Fsp3) is 0. The van der Waals surface area contributed by atoms with Gasteiger partial charge in [-0.2, -0.15) is 0 Å². The number of rotatable bonds is 2. The number of furan rings is 1. The number of para-hydroxylation sites is 1. The van der Waals surface area contributed by atoms with Gasteiger partial charge in [0, 0.05) is 11.5 Å². The summed E-state index contributed by atoms with van der Waals surface area (Å²) in [4.78, 5) is 10.7. The second-order valence-corrected chi connectivity index (χ2v) is 3.65. The summed E-state index contributed by atoms with van der Waals surface area (Å²) in [6.07, 6.45) is 0. The molecule has 2 heterocycles. The van der Waals surface area contributed by atoms with Crippen LogP contribution in [0.4, 0.5) is 4.39 Å². The summed E-state index contributed by atoms with van der Waals surface area (Å²) in [6, 6.07) is 7.29. The van der Waals surface area contributed by atoms with Crippen molar-refractivity contribution in [3.63, 3.8) is 0 Å². The summed E-state index contributed by atoms with van der Waals surface area (Å²) in [7, 11) is 0. The molecule has 0 amide bonds. The topological polar surface area (TPSA) is 76.5 Å². The van der Waals surface area contributed by atoms with E-state index < -0.39 is 11.8 Å². The van der Waals surface area contributed by atoms with E-state index in [0.717, 1.165) is 0 Å². The van der Waals surface area contributed by atoms with Crippen molar-refractivity contribution in [3.05, 3.63) is 41.8 Å². The van der Waals surface area contributed by atoms with Crippen LogP contribution in [0, 0.1) is 5.82 Å². The van der Waals surface area contributed by atoms with E-state index in [1.165, 1.54) is 12.1 Å². The lowest BCUT2D eigenvalue weighted by atomic mass is 10.2. The highest BCUT2D eigenvalue weighted by Gasteiger charge is 2.16. The quantitative estimate of drug-likeness (QED) is 0.753. The predicted molar refractivity (Wildman–Crippen MR) is 58.6 cm³/mol. The number of aromatic carboxylic acids is 1. The molecule has 3 aromatic rings. The van der Waals surface area contributed by atoms with Crippen molar-refractivity contribution in [1.29, 1.82) is 0 Å². The number of nitrogens with zero attached hydrogens (tertiary/aromatic N) is 1. The standard InChI is InChI=1S/C12H6FNO4/c13-7-3-1-2-6-4-9(17-11(6)7)10-5-8(12(15)16)14-18-10/h1-5H,(H,15,16). The molecule has 18 heavy (non-hydrogen) atoms. The molecule has 0 atom stereocenters. The lowest BCUT2D eigenvalue weighted by Gasteiger charge is -1.88. The van der Waals surface area contributed by atoms with Crippen LogP contribution >= 0.6 is 0 Å². The van der Waals surface area contributed by atoms with Crippen LogP contribution in [0.1, 0.15) is 10.5 Å². The third kappa shape index (κ3) is 1.55. The van der Waals surface area contributed by atoms with Gasteiger partial charge in [-0.1, -0.05) is 17.3 Å². The zero-order chi connectivity index (χ0) is 12.7. The minimum Gasteiger partial charge on any atom is -0.476 e. The second-order valence-electron chi connectivity index (χ2n) is 3.65. The molecule has 0 saturated carbocycles. The van der Waals surface area contributed by atoms with E-state index in [-0.39, 0.29) is 22.8 Å². The first kappa shape index (κ1) is 10.5. The van der Waals surface area contributed by atoms with Gasteiger partial charge in [-0.05, 0) is 12.1 Å². The van der Waals surface area contributed by atoms with Crippen LogP contribution in [0.2, 0.25) is 0 Å². The van der Waals surface area contributed by atoms with Gasteiger partial charge in [-0.3, -0.25) is 0 Å². The number of benzene rings is 1. The molecular weight excluding hydrogens is 241 g/mol. The van der Waals surface area contributed by atoms with Gasteiger partial charge in [0.2, 0.25) is 5.76 Å². The van der Waals surface area contributed by atoms with E-state index in [0.29, 0.717) is 5.39 Å². The van der Waals surface area contributed by atoms with Crippen LogP contribution in [-0.2, 0) is 0 Å². The number of hydrogen-bond donors (Lipinski definition) is 1. The van der Waals surface area contributed by atoms with Crippen LogP contribution in [0.5, 0.6) is 0 Å². The number of carboxylic acids is 1. The van der Waals surface area contributed by atoms with Crippen molar-refractivity contribution in [1.82, 2.24) is 5.16 Å². The van der Waals surface area contributed by atoms with Crippen molar-refractivity contribution in [2.24, 2.45) is 0 Å². The molecule has 5 nitrogen and oxygen atoms in total. The summed E-state index contributed by atoms with van der Waals surface area (Å²) in [6.45, 7) is 0. The summed E-state index contributed by atoms with van der Waals surface area (Å²) in [5.41, 5.74) is -0.133. The molecule has 1 aromatic carbocycles. The molecule has 2 aromatic heterocycles. The van der Waals surface area contributed by atoms with E-state index in [4.69, 9.17) is 14.0 Å². The Morgan fingerprint density at radius 3 is 2.78 bits per heavy atom. The SMILES string of the molecule is O=C(O)c1cc(-c2cc3cccc(F)c3o2)on1. The zero-order valence-corrected chi connectivity index (χ0v) is 8.88. The largest absolute Gasteiger partial charge is 0.476 e. The van der Waals surface area contributed by atoms with Crippen molar-refractivity contribution >= 4 is 16.9 Å². The molecule has 0 aliphatic rings. The number of fused-ring (bicyclic) bond motifs is 1. The Bertz CT molecular complexity index is 743. The highest BCUT2D eigenvalue weighted by Crippen LogP contribution is 2.29. The van der Waals surface area contributed by atoms with Crippen molar-refractivity contribution < 1.29 is 23.2 Å². The lowest BCUT2D eigenvalue weighted by molar-refractivity contribution is 0.0686. The Morgan fingerprint density at radius 2 is 2.11 bits per heavy atom. The number of halogens is 1. The minimum absolute atomic E-state index is 0.0979. The number of carboxylic acid groups (broad SMARTS) is 1. The molecule has 90 valence electrons. The van der Waals surface area contributed by atoms with Crippen molar-refractivity contribution in [2.45, 2.75) is 0 Å². The normalized spacial score (nSPS) is 10.9. The smallest absolute Gasteiger partial charge is 0.358 e. The van der Waals surface area contributed by atoms with E-state index >= 15 is 0 Å². The first-order valence-corrected chi connectivity index (χ1v) is 5.03. The molecule has 0 saturated heterocycles. The van der Waals surface area contributed by atoms with Gasteiger partial charge < -0.3 is 14.0 Å². The third-order valence-electron chi connectivity index (χ3n) is 2.47. The fourth-order valence-corrected chi connectivity index (χ4v) is 1.64. The van der Waals surface area contributed by atoms with Crippen LogP contribution in [0.25, 0.3) is 22.5 Å². The van der Waals surface area contributed by atoms with Gasteiger partial charge in [0.25, 0.3) is 0 Å². The molecule has 1 N–H and O–H groups in total. The molecule has 0 fully saturated rings. The van der Waals surface area contributed by atoms with Crippen molar-refractivity contribution in [2.75, 3.05) is 0 Å². The van der Waals surface area contributed by atoms with Gasteiger partial charge in [-0.15, -0.1) is 0 Å². The third-order valence-corrected chi connectivity index (χ3v) is 2.47. The molecule has 0 aliphatic carbocycles. The monoisotopic (exact) mass is 247 g/mol. The number of hydrogen-bond acceptors (Lipinski definition) is 4. The van der Waals surface area contributed by atoms with Gasteiger partial charge in [0.05, 0.1) is 0 Å². The Kier molecular flexibility index (Phi) is 2.16. The van der Waals surface area contributed by atoms with Gasteiger partial charge in [0.1, 0.15) is 0 Å². The Balaban J connectivity index is 2.13. The maximum atomic E-state index is 13.4. The molecule has 0 bridgehead atoms. The van der Waals surface area contributed by atoms with Crippen LogP contribution in [-0.4, -0.2) is 16.2 Å². The number of aromatic nitrogens is 1. The van der Waals surface area contributed by atoms with E-state index in [9.17, 15) is 9.18 Å². The predicted octanol–water partition coefficient (Wildman–Crippen LogP) is 2.93. The summed E-state index contributed by atoms with van der Waals surface area (Å²) < 4.78 is 23.5. The molecule has 6 heteroatoms.